The van der Waals surface area contributed by atoms with Gasteiger partial charge in [0.15, 0.2) is 0 Å². The standard InChI is InChI=1S/C12H20O5/c1-15-11(13)8-6-4-2-3-5-7-10-9-16-12(14)17-10/h10H,2-9H2,1H3. The van der Waals surface area contributed by atoms with E-state index in [1.54, 1.807) is 0 Å². The molecule has 0 aromatic rings. The van der Waals surface area contributed by atoms with Crippen LogP contribution in [0.25, 0.3) is 0 Å². The Kier molecular flexibility index (Phi) is 6.43. The van der Waals surface area contributed by atoms with E-state index in [0.29, 0.717) is 13.0 Å². The number of hydrogen-bond donors (Lipinski definition) is 0. The summed E-state index contributed by atoms with van der Waals surface area (Å²) in [5, 5.41) is 0. The van der Waals surface area contributed by atoms with Crippen LogP contribution in [0.15, 0.2) is 0 Å². The van der Waals surface area contributed by atoms with Gasteiger partial charge in [-0.1, -0.05) is 19.3 Å². The van der Waals surface area contributed by atoms with E-state index < -0.39 is 6.16 Å². The van der Waals surface area contributed by atoms with Gasteiger partial charge in [-0.15, -0.1) is 0 Å². The molecule has 1 aliphatic heterocycles. The van der Waals surface area contributed by atoms with Crippen LogP contribution in [0, 0.1) is 0 Å². The SMILES string of the molecule is COC(=O)CCCCCCCC1COC(=O)O1. The third kappa shape index (κ3) is 6.14. The summed E-state index contributed by atoms with van der Waals surface area (Å²) in [5.41, 5.74) is 0. The van der Waals surface area contributed by atoms with Crippen molar-refractivity contribution in [3.63, 3.8) is 0 Å². The van der Waals surface area contributed by atoms with E-state index in [0.717, 1.165) is 38.5 Å². The second-order valence-electron chi connectivity index (χ2n) is 4.18. The Labute approximate surface area is 101 Å². The van der Waals surface area contributed by atoms with Gasteiger partial charge in [-0.25, -0.2) is 4.79 Å². The summed E-state index contributed by atoms with van der Waals surface area (Å²) >= 11 is 0. The van der Waals surface area contributed by atoms with E-state index in [4.69, 9.17) is 4.74 Å². The smallest absolute Gasteiger partial charge is 0.469 e. The highest BCUT2D eigenvalue weighted by molar-refractivity contribution is 5.68. The van der Waals surface area contributed by atoms with Gasteiger partial charge in [0.05, 0.1) is 7.11 Å². The lowest BCUT2D eigenvalue weighted by Crippen LogP contribution is -2.09. The molecule has 1 heterocycles. The molecule has 17 heavy (non-hydrogen) atoms. The van der Waals surface area contributed by atoms with E-state index in [2.05, 4.69) is 9.47 Å². The van der Waals surface area contributed by atoms with Gasteiger partial charge in [0.25, 0.3) is 0 Å². The number of rotatable bonds is 8. The Morgan fingerprint density at radius 3 is 2.65 bits per heavy atom. The molecule has 0 amide bonds. The normalized spacial score (nSPS) is 18.6. The molecule has 1 saturated heterocycles. The Hall–Kier alpha value is -1.26. The van der Waals surface area contributed by atoms with E-state index >= 15 is 0 Å². The molecule has 1 atom stereocenters. The molecule has 1 fully saturated rings. The second-order valence-corrected chi connectivity index (χ2v) is 4.18. The van der Waals surface area contributed by atoms with Crippen LogP contribution in [0.1, 0.15) is 44.9 Å². The number of unbranched alkanes of at least 4 members (excludes halogenated alkanes) is 4. The Morgan fingerprint density at radius 2 is 2.00 bits per heavy atom. The number of cyclic esters (lactones) is 2. The molecule has 1 unspecified atom stereocenters. The minimum atomic E-state index is -0.548. The van der Waals surface area contributed by atoms with Crippen molar-refractivity contribution in [2.45, 2.75) is 51.0 Å². The topological polar surface area (TPSA) is 61.8 Å². The third-order valence-electron chi connectivity index (χ3n) is 2.78. The monoisotopic (exact) mass is 244 g/mol. The van der Waals surface area contributed by atoms with Crippen molar-refractivity contribution >= 4 is 12.1 Å². The van der Waals surface area contributed by atoms with Gasteiger partial charge in [0.1, 0.15) is 12.7 Å². The van der Waals surface area contributed by atoms with Crippen molar-refractivity contribution in [3.05, 3.63) is 0 Å². The molecule has 0 N–H and O–H groups in total. The van der Waals surface area contributed by atoms with Crippen LogP contribution in [-0.2, 0) is 19.0 Å². The summed E-state index contributed by atoms with van der Waals surface area (Å²) in [7, 11) is 1.41. The minimum absolute atomic E-state index is 0.0578. The van der Waals surface area contributed by atoms with Crippen LogP contribution >= 0.6 is 0 Å². The zero-order valence-electron chi connectivity index (χ0n) is 10.3. The maximum atomic E-state index is 10.8. The van der Waals surface area contributed by atoms with Gasteiger partial charge in [-0.05, 0) is 19.3 Å². The molecule has 0 saturated carbocycles. The maximum Gasteiger partial charge on any atom is 0.508 e. The van der Waals surface area contributed by atoms with Gasteiger partial charge in [0.2, 0.25) is 0 Å². The van der Waals surface area contributed by atoms with Crippen molar-refractivity contribution < 1.29 is 23.8 Å². The lowest BCUT2D eigenvalue weighted by Gasteiger charge is -2.05. The van der Waals surface area contributed by atoms with E-state index in [1.165, 1.54) is 7.11 Å². The first-order valence-electron chi connectivity index (χ1n) is 6.12. The predicted octanol–water partition coefficient (Wildman–Crippen LogP) is 2.43. The first-order valence-corrected chi connectivity index (χ1v) is 6.12. The quantitative estimate of drug-likeness (QED) is 0.484. The third-order valence-corrected chi connectivity index (χ3v) is 2.78. The first-order chi connectivity index (χ1) is 8.22. The number of ether oxygens (including phenoxy) is 3. The zero-order chi connectivity index (χ0) is 12.5. The Balaban J connectivity index is 1.84. The molecule has 98 valence electrons. The summed E-state index contributed by atoms with van der Waals surface area (Å²) < 4.78 is 14.2. The molecule has 5 heteroatoms. The number of methoxy groups -OCH3 is 1. The minimum Gasteiger partial charge on any atom is -0.469 e. The van der Waals surface area contributed by atoms with Crippen LogP contribution in [0.4, 0.5) is 4.79 Å². The van der Waals surface area contributed by atoms with E-state index in [9.17, 15) is 9.59 Å². The van der Waals surface area contributed by atoms with Crippen LogP contribution < -0.4 is 0 Å². The van der Waals surface area contributed by atoms with Crippen molar-refractivity contribution in [1.82, 2.24) is 0 Å². The summed E-state index contributed by atoms with van der Waals surface area (Å²) in [6.07, 6.45) is 5.90. The molecule has 0 aromatic heterocycles. The molecule has 1 aliphatic rings. The van der Waals surface area contributed by atoms with Crippen molar-refractivity contribution in [1.29, 1.82) is 0 Å². The summed E-state index contributed by atoms with van der Waals surface area (Å²) in [6.45, 7) is 0.390. The molecular formula is C12H20O5. The van der Waals surface area contributed by atoms with Gasteiger partial charge in [0, 0.05) is 6.42 Å². The van der Waals surface area contributed by atoms with Gasteiger partial charge < -0.3 is 14.2 Å². The second kappa shape index (κ2) is 7.92. The lowest BCUT2D eigenvalue weighted by atomic mass is 10.1. The Bertz CT molecular complexity index is 251. The van der Waals surface area contributed by atoms with Crippen LogP contribution in [0.5, 0.6) is 0 Å². The molecule has 5 nitrogen and oxygen atoms in total. The highest BCUT2D eigenvalue weighted by atomic mass is 16.8. The van der Waals surface area contributed by atoms with Gasteiger partial charge in [-0.3, -0.25) is 4.79 Å². The fraction of sp³-hybridized carbons (Fsp3) is 0.833. The molecule has 0 spiro atoms. The first kappa shape index (κ1) is 13.8. The number of carbonyl (C=O) groups excluding carboxylic acids is 2. The van der Waals surface area contributed by atoms with Crippen molar-refractivity contribution in [2.75, 3.05) is 13.7 Å². The molecule has 0 aliphatic carbocycles. The summed E-state index contributed by atoms with van der Waals surface area (Å²) in [4.78, 5) is 21.5. The number of carbonyl (C=O) groups is 2. The molecule has 0 bridgehead atoms. The van der Waals surface area contributed by atoms with E-state index in [1.807, 2.05) is 0 Å². The van der Waals surface area contributed by atoms with E-state index in [-0.39, 0.29) is 12.1 Å². The van der Waals surface area contributed by atoms with Gasteiger partial charge >= 0.3 is 12.1 Å². The summed E-state index contributed by atoms with van der Waals surface area (Å²) in [5.74, 6) is -0.139. The Morgan fingerprint density at radius 1 is 1.29 bits per heavy atom. The average molecular weight is 244 g/mol. The fourth-order valence-corrected chi connectivity index (χ4v) is 1.78. The molecular weight excluding hydrogens is 224 g/mol. The zero-order valence-corrected chi connectivity index (χ0v) is 10.3. The predicted molar refractivity (Wildman–Crippen MR) is 60.6 cm³/mol. The molecule has 0 radical (unpaired) electrons. The van der Waals surface area contributed by atoms with Gasteiger partial charge in [-0.2, -0.15) is 0 Å². The van der Waals surface area contributed by atoms with Crippen molar-refractivity contribution in [3.8, 4) is 0 Å². The fourth-order valence-electron chi connectivity index (χ4n) is 1.78. The lowest BCUT2D eigenvalue weighted by molar-refractivity contribution is -0.140. The molecule has 1 rings (SSSR count). The van der Waals surface area contributed by atoms with Crippen LogP contribution in [-0.4, -0.2) is 31.9 Å². The number of hydrogen-bond acceptors (Lipinski definition) is 5. The highest BCUT2D eigenvalue weighted by Crippen LogP contribution is 2.15. The van der Waals surface area contributed by atoms with Crippen LogP contribution in [0.2, 0.25) is 0 Å². The van der Waals surface area contributed by atoms with Crippen molar-refractivity contribution in [2.24, 2.45) is 0 Å². The largest absolute Gasteiger partial charge is 0.508 e. The molecule has 0 aromatic carbocycles. The summed E-state index contributed by atoms with van der Waals surface area (Å²) in [6, 6.07) is 0. The van der Waals surface area contributed by atoms with Crippen LogP contribution in [0.3, 0.4) is 0 Å². The maximum absolute atomic E-state index is 10.8. The highest BCUT2D eigenvalue weighted by Gasteiger charge is 2.23. The number of esters is 1. The average Bonchev–Trinajstić information content (AvgIpc) is 2.73.